The second-order valence-corrected chi connectivity index (χ2v) is 8.90. The van der Waals surface area contributed by atoms with Crippen molar-refractivity contribution in [1.29, 1.82) is 0 Å². The highest BCUT2D eigenvalue weighted by Crippen LogP contribution is 2.36. The summed E-state index contributed by atoms with van der Waals surface area (Å²) in [5, 5.41) is 0.626. The Bertz CT molecular complexity index is 986. The third kappa shape index (κ3) is 4.07. The van der Waals surface area contributed by atoms with Crippen molar-refractivity contribution in [3.63, 3.8) is 0 Å². The van der Waals surface area contributed by atoms with Crippen molar-refractivity contribution in [2.24, 2.45) is 5.92 Å². The number of hydrogen-bond acceptors (Lipinski definition) is 6. The average Bonchev–Trinajstić information content (AvgIpc) is 2.99. The Hall–Kier alpha value is -1.93. The Morgan fingerprint density at radius 2 is 2.04 bits per heavy atom. The molecule has 28 heavy (non-hydrogen) atoms. The zero-order valence-corrected chi connectivity index (χ0v) is 17.9. The van der Waals surface area contributed by atoms with Crippen molar-refractivity contribution in [2.45, 2.75) is 52.6 Å². The Kier molecular flexibility index (Phi) is 6.40. The molecule has 0 bridgehead atoms. The molecule has 0 spiro atoms. The first-order chi connectivity index (χ1) is 13.3. The molecule has 1 atom stereocenters. The van der Waals surface area contributed by atoms with E-state index in [1.54, 1.807) is 22.8 Å². The lowest BCUT2D eigenvalue weighted by atomic mass is 9.89. The van der Waals surface area contributed by atoms with Gasteiger partial charge in [0.15, 0.2) is 0 Å². The molecule has 0 radical (unpaired) electrons. The molecular formula is C20H29N3O4S. The Morgan fingerprint density at radius 3 is 2.71 bits per heavy atom. The van der Waals surface area contributed by atoms with E-state index >= 15 is 0 Å². The number of nitrogens with zero attached hydrogens (tertiary/aromatic N) is 3. The van der Waals surface area contributed by atoms with Crippen molar-refractivity contribution in [3.05, 3.63) is 31.3 Å². The van der Waals surface area contributed by atoms with Crippen molar-refractivity contribution in [2.75, 3.05) is 27.2 Å². The van der Waals surface area contributed by atoms with Gasteiger partial charge in [0.2, 0.25) is 0 Å². The smallest absolute Gasteiger partial charge is 0.332 e. The van der Waals surface area contributed by atoms with Crippen LogP contribution in [0.4, 0.5) is 0 Å². The topological polar surface area (TPSA) is 73.5 Å². The van der Waals surface area contributed by atoms with E-state index < -0.39 is 11.7 Å². The molecule has 8 heteroatoms. The van der Waals surface area contributed by atoms with E-state index in [0.717, 1.165) is 47.2 Å². The number of carbonyl (C=O) groups is 1. The molecular weight excluding hydrogens is 378 g/mol. The van der Waals surface area contributed by atoms with Gasteiger partial charge in [0.1, 0.15) is 11.4 Å². The summed E-state index contributed by atoms with van der Waals surface area (Å²) in [4.78, 5) is 42.3. The van der Waals surface area contributed by atoms with Crippen LogP contribution in [0.1, 0.15) is 37.1 Å². The number of aromatic nitrogens is 2. The van der Waals surface area contributed by atoms with Crippen LogP contribution >= 0.6 is 11.3 Å². The van der Waals surface area contributed by atoms with Gasteiger partial charge in [-0.15, -0.1) is 11.3 Å². The summed E-state index contributed by atoms with van der Waals surface area (Å²) in [6, 6.07) is 0. The molecule has 0 amide bonds. The van der Waals surface area contributed by atoms with Crippen LogP contribution in [0.25, 0.3) is 10.2 Å². The highest BCUT2D eigenvalue weighted by molar-refractivity contribution is 7.18. The van der Waals surface area contributed by atoms with E-state index in [1.807, 2.05) is 14.1 Å². The first-order valence-electron chi connectivity index (χ1n) is 9.91. The van der Waals surface area contributed by atoms with E-state index in [1.165, 1.54) is 4.88 Å². The second kappa shape index (κ2) is 8.61. The lowest BCUT2D eigenvalue weighted by Crippen LogP contribution is -2.42. The standard InChI is InChI=1S/C20H29N3O4S/c1-5-27-16(24)12-23-18(25)17-14-8-7-13(2)11-15(14)28-19(17)22(20(23)26)10-6-9-21(3)4/h13H,5-12H2,1-4H3. The lowest BCUT2D eigenvalue weighted by Gasteiger charge is -2.17. The molecule has 3 rings (SSSR count). The summed E-state index contributed by atoms with van der Waals surface area (Å²) in [5.41, 5.74) is 0.294. The maximum atomic E-state index is 13.2. The third-order valence-corrected chi connectivity index (χ3v) is 6.52. The van der Waals surface area contributed by atoms with Gasteiger partial charge >= 0.3 is 11.7 Å². The van der Waals surface area contributed by atoms with Crippen LogP contribution < -0.4 is 11.2 Å². The zero-order valence-electron chi connectivity index (χ0n) is 17.1. The van der Waals surface area contributed by atoms with Crippen LogP contribution in [0.15, 0.2) is 9.59 Å². The summed E-state index contributed by atoms with van der Waals surface area (Å²) in [6.07, 6.45) is 3.62. The van der Waals surface area contributed by atoms with E-state index in [0.29, 0.717) is 17.8 Å². The Balaban J connectivity index is 2.15. The quantitative estimate of drug-likeness (QED) is 0.655. The number of ether oxygens (including phenoxy) is 1. The van der Waals surface area contributed by atoms with Gasteiger partial charge in [-0.1, -0.05) is 6.92 Å². The SMILES string of the molecule is CCOC(=O)Cn1c(=O)c2c3c(sc2n(CCCN(C)C)c1=O)CC(C)CC3. The fraction of sp³-hybridized carbons (Fsp3) is 0.650. The maximum Gasteiger partial charge on any atom is 0.332 e. The molecule has 0 saturated carbocycles. The van der Waals surface area contributed by atoms with Crippen molar-refractivity contribution in [1.82, 2.24) is 14.0 Å². The van der Waals surface area contributed by atoms with Gasteiger partial charge in [-0.2, -0.15) is 0 Å². The van der Waals surface area contributed by atoms with Crippen LogP contribution in [-0.4, -0.2) is 47.3 Å². The van der Waals surface area contributed by atoms with Crippen LogP contribution in [0, 0.1) is 5.92 Å². The molecule has 2 aromatic rings. The van der Waals surface area contributed by atoms with Gasteiger partial charge < -0.3 is 9.64 Å². The van der Waals surface area contributed by atoms with Crippen molar-refractivity contribution in [3.8, 4) is 0 Å². The van der Waals surface area contributed by atoms with E-state index in [4.69, 9.17) is 4.74 Å². The normalized spacial score (nSPS) is 16.5. The first kappa shape index (κ1) is 20.8. The molecule has 0 saturated heterocycles. The van der Waals surface area contributed by atoms with Crippen LogP contribution in [-0.2, 0) is 35.5 Å². The van der Waals surface area contributed by atoms with Crippen molar-refractivity contribution >= 4 is 27.5 Å². The van der Waals surface area contributed by atoms with E-state index in [2.05, 4.69) is 11.8 Å². The molecule has 1 aliphatic carbocycles. The minimum absolute atomic E-state index is 0.221. The Morgan fingerprint density at radius 1 is 1.29 bits per heavy atom. The fourth-order valence-electron chi connectivity index (χ4n) is 3.82. The molecule has 1 aliphatic rings. The van der Waals surface area contributed by atoms with Gasteiger partial charge in [-0.3, -0.25) is 14.2 Å². The number of esters is 1. The van der Waals surface area contributed by atoms with Gasteiger partial charge in [0, 0.05) is 11.4 Å². The predicted octanol–water partition coefficient (Wildman–Crippen LogP) is 1.86. The monoisotopic (exact) mass is 407 g/mol. The molecule has 154 valence electrons. The lowest BCUT2D eigenvalue weighted by molar-refractivity contribution is -0.143. The number of carbonyl (C=O) groups excluding carboxylic acids is 1. The zero-order chi connectivity index (χ0) is 20.4. The molecule has 0 aliphatic heterocycles. The number of hydrogen-bond donors (Lipinski definition) is 0. The number of thiophene rings is 1. The minimum atomic E-state index is -0.557. The molecule has 2 aromatic heterocycles. The molecule has 2 heterocycles. The number of fused-ring (bicyclic) bond motifs is 3. The molecule has 0 N–H and O–H groups in total. The largest absolute Gasteiger partial charge is 0.465 e. The summed E-state index contributed by atoms with van der Waals surface area (Å²) >= 11 is 1.57. The molecule has 1 unspecified atom stereocenters. The molecule has 0 aromatic carbocycles. The van der Waals surface area contributed by atoms with Crippen LogP contribution in [0.5, 0.6) is 0 Å². The predicted molar refractivity (Wildman–Crippen MR) is 111 cm³/mol. The highest BCUT2D eigenvalue weighted by atomic mass is 32.1. The average molecular weight is 408 g/mol. The van der Waals surface area contributed by atoms with Crippen LogP contribution in [0.2, 0.25) is 0 Å². The number of rotatable bonds is 7. The summed E-state index contributed by atoms with van der Waals surface area (Å²) in [6.45, 7) is 5.17. The highest BCUT2D eigenvalue weighted by Gasteiger charge is 2.26. The maximum absolute atomic E-state index is 13.2. The summed E-state index contributed by atoms with van der Waals surface area (Å²) in [7, 11) is 3.98. The fourth-order valence-corrected chi connectivity index (χ4v) is 5.34. The molecule has 7 nitrogen and oxygen atoms in total. The third-order valence-electron chi connectivity index (χ3n) is 5.24. The molecule has 0 fully saturated rings. The minimum Gasteiger partial charge on any atom is -0.465 e. The van der Waals surface area contributed by atoms with Crippen molar-refractivity contribution < 1.29 is 9.53 Å². The number of aryl methyl sites for hydroxylation is 2. The van der Waals surface area contributed by atoms with Crippen LogP contribution in [0.3, 0.4) is 0 Å². The van der Waals surface area contributed by atoms with Gasteiger partial charge in [-0.05, 0) is 64.7 Å². The van der Waals surface area contributed by atoms with E-state index in [9.17, 15) is 14.4 Å². The second-order valence-electron chi connectivity index (χ2n) is 7.82. The van der Waals surface area contributed by atoms with E-state index in [-0.39, 0.29) is 18.7 Å². The van der Waals surface area contributed by atoms with Gasteiger partial charge in [0.05, 0.1) is 12.0 Å². The Labute approximate surface area is 168 Å². The van der Waals surface area contributed by atoms with Gasteiger partial charge in [0.25, 0.3) is 5.56 Å². The first-order valence-corrected chi connectivity index (χ1v) is 10.7. The van der Waals surface area contributed by atoms with Gasteiger partial charge in [-0.25, -0.2) is 9.36 Å². The summed E-state index contributed by atoms with van der Waals surface area (Å²) in [5.74, 6) is 0.0230. The summed E-state index contributed by atoms with van der Waals surface area (Å²) < 4.78 is 7.72.